The van der Waals surface area contributed by atoms with Crippen LogP contribution in [-0.2, 0) is 0 Å². The standard InChI is InChI=1S/C81H47N9/c1-83-55-40-38-52(39-41-55)78-79(51-36-34-50(48-82)35-37-51)86-81-77(54-19-17-25-59(47-54)90-68-33-15-11-29-63(68)76-72(90)45-43-70-74(76)61-27-9-13-31-66(61)88(70)57-22-6-3-7-23-57)84-49-64(80(81)85-78)53-18-16-24-58(46-53)89-67-32-14-10-28-62(67)75-71(89)44-42-69-73(75)60-26-8-12-30-65(60)87(69)56-20-4-2-5-21-56/h2-47,49H. The fourth-order valence-electron chi connectivity index (χ4n) is 14.2. The van der Waals surface area contributed by atoms with Gasteiger partial charge in [0.1, 0.15) is 11.0 Å². The van der Waals surface area contributed by atoms with E-state index in [0.717, 1.165) is 105 Å². The number of pyridine rings is 1. The minimum atomic E-state index is 0.524. The van der Waals surface area contributed by atoms with Crippen molar-refractivity contribution in [3.8, 4) is 73.7 Å². The highest BCUT2D eigenvalue weighted by molar-refractivity contribution is 6.30. The van der Waals surface area contributed by atoms with Gasteiger partial charge in [-0.25, -0.2) is 14.8 Å². The molecule has 0 aliphatic rings. The molecule has 18 aromatic rings. The first-order valence-electron chi connectivity index (χ1n) is 30.0. The lowest BCUT2D eigenvalue weighted by atomic mass is 9.99. The first kappa shape index (κ1) is 50.6. The molecule has 0 radical (unpaired) electrons. The lowest BCUT2D eigenvalue weighted by Crippen LogP contribution is -2.01. The summed E-state index contributed by atoms with van der Waals surface area (Å²) in [5, 5.41) is 19.5. The van der Waals surface area contributed by atoms with E-state index >= 15 is 0 Å². The lowest BCUT2D eigenvalue weighted by molar-refractivity contribution is 1.17. The number of nitriles is 1. The Bertz CT molecular complexity index is 5720. The molecule has 0 aliphatic heterocycles. The molecule has 9 heteroatoms. The lowest BCUT2D eigenvalue weighted by Gasteiger charge is -2.17. The van der Waals surface area contributed by atoms with E-state index in [-0.39, 0.29) is 0 Å². The van der Waals surface area contributed by atoms with Crippen molar-refractivity contribution in [1.82, 2.24) is 33.2 Å². The van der Waals surface area contributed by atoms with Crippen molar-refractivity contribution in [1.29, 1.82) is 5.26 Å². The Morgan fingerprint density at radius 2 is 0.700 bits per heavy atom. The maximum Gasteiger partial charge on any atom is 0.187 e. The summed E-state index contributed by atoms with van der Waals surface area (Å²) in [7, 11) is 0. The van der Waals surface area contributed by atoms with Crippen molar-refractivity contribution in [2.24, 2.45) is 0 Å². The zero-order valence-corrected chi connectivity index (χ0v) is 48.2. The maximum atomic E-state index is 9.95. The predicted octanol–water partition coefficient (Wildman–Crippen LogP) is 20.5. The van der Waals surface area contributed by atoms with E-state index in [1.807, 2.05) is 54.7 Å². The molecule has 0 aliphatic carbocycles. The second kappa shape index (κ2) is 19.9. The molecule has 0 N–H and O–H groups in total. The van der Waals surface area contributed by atoms with Gasteiger partial charge in [0, 0.05) is 88.7 Å². The average Bonchev–Trinajstić information content (AvgIpc) is 1.57. The highest BCUT2D eigenvalue weighted by atomic mass is 15.0. The third-order valence-corrected chi connectivity index (χ3v) is 18.0. The van der Waals surface area contributed by atoms with E-state index in [4.69, 9.17) is 21.5 Å². The van der Waals surface area contributed by atoms with Gasteiger partial charge in [-0.3, -0.25) is 4.98 Å². The van der Waals surface area contributed by atoms with Crippen LogP contribution >= 0.6 is 0 Å². The highest BCUT2D eigenvalue weighted by Gasteiger charge is 2.26. The van der Waals surface area contributed by atoms with Crippen LogP contribution in [0.15, 0.2) is 285 Å². The Balaban J connectivity index is 0.863. The first-order valence-corrected chi connectivity index (χ1v) is 30.0. The van der Waals surface area contributed by atoms with Gasteiger partial charge in [-0.2, -0.15) is 5.26 Å². The molecule has 0 unspecified atom stereocenters. The molecule has 0 atom stereocenters. The van der Waals surface area contributed by atoms with E-state index in [2.05, 4.69) is 260 Å². The van der Waals surface area contributed by atoms with Crippen LogP contribution in [0.25, 0.3) is 171 Å². The number of fused-ring (bicyclic) bond motifs is 15. The Labute approximate surface area is 515 Å². The molecule has 0 spiro atoms. The first-order chi connectivity index (χ1) is 44.6. The Kier molecular flexibility index (Phi) is 11.2. The minimum absolute atomic E-state index is 0.524. The molecule has 0 saturated heterocycles. The Morgan fingerprint density at radius 3 is 1.14 bits per heavy atom. The van der Waals surface area contributed by atoms with Gasteiger partial charge >= 0.3 is 0 Å². The third-order valence-electron chi connectivity index (χ3n) is 18.0. The molecular weight excluding hydrogens is 1100 g/mol. The average molecular weight is 1150 g/mol. The summed E-state index contributed by atoms with van der Waals surface area (Å²) in [6.45, 7) is 7.82. The normalized spacial score (nSPS) is 11.8. The molecular formula is C81H47N9. The largest absolute Gasteiger partial charge is 0.309 e. The summed E-state index contributed by atoms with van der Waals surface area (Å²) in [4.78, 5) is 20.7. The fourth-order valence-corrected chi connectivity index (χ4v) is 14.2. The maximum absolute atomic E-state index is 9.95. The molecule has 0 fully saturated rings. The van der Waals surface area contributed by atoms with Crippen LogP contribution < -0.4 is 0 Å². The van der Waals surface area contributed by atoms with Crippen LogP contribution in [-0.4, -0.2) is 33.2 Å². The fraction of sp³-hybridized carbons (Fsp3) is 0. The van der Waals surface area contributed by atoms with Crippen LogP contribution in [0, 0.1) is 17.9 Å². The Hall–Kier alpha value is -12.7. The van der Waals surface area contributed by atoms with Crippen LogP contribution in [0.2, 0.25) is 0 Å². The van der Waals surface area contributed by atoms with E-state index in [1.165, 1.54) is 32.3 Å². The number of benzene rings is 12. The van der Waals surface area contributed by atoms with Crippen LogP contribution in [0.1, 0.15) is 5.56 Å². The predicted molar refractivity (Wildman–Crippen MR) is 367 cm³/mol. The zero-order chi connectivity index (χ0) is 59.6. The van der Waals surface area contributed by atoms with Crippen molar-refractivity contribution < 1.29 is 0 Å². The van der Waals surface area contributed by atoms with Gasteiger partial charge in [0.05, 0.1) is 79.4 Å². The molecule has 90 heavy (non-hydrogen) atoms. The molecule has 12 aromatic carbocycles. The molecule has 18 rings (SSSR count). The van der Waals surface area contributed by atoms with Gasteiger partial charge in [0.15, 0.2) is 5.69 Å². The van der Waals surface area contributed by atoms with Gasteiger partial charge in [-0.05, 0) is 120 Å². The number of hydrogen-bond donors (Lipinski definition) is 0. The molecule has 9 nitrogen and oxygen atoms in total. The quantitative estimate of drug-likeness (QED) is 0.142. The topological polar surface area (TPSA) is 86.5 Å². The number of hydrogen-bond acceptors (Lipinski definition) is 4. The molecule has 416 valence electrons. The van der Waals surface area contributed by atoms with Crippen molar-refractivity contribution in [2.45, 2.75) is 0 Å². The molecule has 0 bridgehead atoms. The number of nitrogens with zero attached hydrogens (tertiary/aromatic N) is 9. The van der Waals surface area contributed by atoms with Crippen molar-refractivity contribution in [2.75, 3.05) is 0 Å². The third kappa shape index (κ3) is 7.57. The summed E-state index contributed by atoms with van der Waals surface area (Å²) in [6, 6.07) is 99.8. The van der Waals surface area contributed by atoms with E-state index < -0.39 is 0 Å². The highest BCUT2D eigenvalue weighted by Crippen LogP contribution is 2.46. The smallest absolute Gasteiger partial charge is 0.187 e. The molecule has 0 saturated carbocycles. The molecule has 6 aromatic heterocycles. The van der Waals surface area contributed by atoms with Crippen LogP contribution in [0.5, 0.6) is 0 Å². The summed E-state index contributed by atoms with van der Waals surface area (Å²) < 4.78 is 9.52. The van der Waals surface area contributed by atoms with Crippen LogP contribution in [0.3, 0.4) is 0 Å². The second-order valence-electron chi connectivity index (χ2n) is 22.9. The van der Waals surface area contributed by atoms with E-state index in [1.54, 1.807) is 0 Å². The summed E-state index contributed by atoms with van der Waals surface area (Å²) in [5.41, 5.74) is 21.6. The summed E-state index contributed by atoms with van der Waals surface area (Å²) in [6.07, 6.45) is 1.96. The molecule has 6 heterocycles. The van der Waals surface area contributed by atoms with Crippen LogP contribution in [0.4, 0.5) is 5.69 Å². The number of rotatable bonds is 8. The molecule has 0 amide bonds. The second-order valence-corrected chi connectivity index (χ2v) is 22.9. The van der Waals surface area contributed by atoms with Gasteiger partial charge in [-0.1, -0.05) is 170 Å². The minimum Gasteiger partial charge on any atom is -0.309 e. The SMILES string of the molecule is [C-]#[N+]c1ccc(-c2nc3c(-c4cccc(-n5c6ccccc6c6c7c8ccccc8n(-c8ccccc8)c7ccc65)c4)cnc(-c4cccc(-n5c6ccccc6c6c7c8ccccc8n(-c8ccccc8)c7ccc65)c4)c3nc2-c2ccc(C#N)cc2)cc1. The van der Waals surface area contributed by atoms with Gasteiger partial charge in [0.2, 0.25) is 0 Å². The zero-order valence-electron chi connectivity index (χ0n) is 48.2. The van der Waals surface area contributed by atoms with Gasteiger partial charge in [-0.15, -0.1) is 0 Å². The summed E-state index contributed by atoms with van der Waals surface area (Å²) >= 11 is 0. The monoisotopic (exact) mass is 1150 g/mol. The van der Waals surface area contributed by atoms with Crippen molar-refractivity contribution in [3.63, 3.8) is 0 Å². The Morgan fingerprint density at radius 1 is 0.322 bits per heavy atom. The van der Waals surface area contributed by atoms with Crippen molar-refractivity contribution in [3.05, 3.63) is 302 Å². The number of para-hydroxylation sites is 6. The van der Waals surface area contributed by atoms with Gasteiger partial charge in [0.25, 0.3) is 0 Å². The van der Waals surface area contributed by atoms with Gasteiger partial charge < -0.3 is 18.3 Å². The summed E-state index contributed by atoms with van der Waals surface area (Å²) in [5.74, 6) is 0. The number of aromatic nitrogens is 7. The van der Waals surface area contributed by atoms with E-state index in [0.29, 0.717) is 39.4 Å². The van der Waals surface area contributed by atoms with E-state index in [9.17, 15) is 5.26 Å². The van der Waals surface area contributed by atoms with Crippen molar-refractivity contribution >= 4 is 104 Å².